The summed E-state index contributed by atoms with van der Waals surface area (Å²) in [7, 11) is 0. The Morgan fingerprint density at radius 2 is 1.96 bits per heavy atom. The SMILES string of the molecule is CCN1CCN(c2ccc([C@@]3(C)CCC(=O)NC3=O)nc2)CC1. The molecule has 124 valence electrons. The molecule has 6 nitrogen and oxygen atoms in total. The van der Waals surface area contributed by atoms with Crippen molar-refractivity contribution in [3.05, 3.63) is 24.0 Å². The summed E-state index contributed by atoms with van der Waals surface area (Å²) in [6.45, 7) is 9.28. The van der Waals surface area contributed by atoms with Gasteiger partial charge >= 0.3 is 0 Å². The lowest BCUT2D eigenvalue weighted by Gasteiger charge is -2.36. The van der Waals surface area contributed by atoms with Gasteiger partial charge in [-0.3, -0.25) is 19.9 Å². The molecule has 1 N–H and O–H groups in total. The van der Waals surface area contributed by atoms with E-state index < -0.39 is 5.41 Å². The Kier molecular flexibility index (Phi) is 4.35. The van der Waals surface area contributed by atoms with Gasteiger partial charge in [-0.15, -0.1) is 0 Å². The molecule has 23 heavy (non-hydrogen) atoms. The fraction of sp³-hybridized carbons (Fsp3) is 0.588. The van der Waals surface area contributed by atoms with Gasteiger partial charge in [0, 0.05) is 32.6 Å². The number of piperazine rings is 1. The van der Waals surface area contributed by atoms with E-state index in [1.54, 1.807) is 0 Å². The molecule has 1 aromatic heterocycles. The van der Waals surface area contributed by atoms with Gasteiger partial charge in [0.05, 0.1) is 23.0 Å². The topological polar surface area (TPSA) is 65.5 Å². The number of imide groups is 1. The molecule has 2 fully saturated rings. The van der Waals surface area contributed by atoms with E-state index in [9.17, 15) is 9.59 Å². The highest BCUT2D eigenvalue weighted by Crippen LogP contribution is 2.31. The van der Waals surface area contributed by atoms with Crippen LogP contribution in [0.3, 0.4) is 0 Å². The zero-order valence-corrected chi connectivity index (χ0v) is 13.8. The van der Waals surface area contributed by atoms with Crippen molar-refractivity contribution in [1.82, 2.24) is 15.2 Å². The fourth-order valence-corrected chi connectivity index (χ4v) is 3.27. The summed E-state index contributed by atoms with van der Waals surface area (Å²) in [6, 6.07) is 3.97. The maximum absolute atomic E-state index is 12.2. The number of anilines is 1. The number of aromatic nitrogens is 1. The average Bonchev–Trinajstić information content (AvgIpc) is 2.59. The van der Waals surface area contributed by atoms with Gasteiger partial charge in [0.15, 0.2) is 0 Å². The predicted octanol–water partition coefficient (Wildman–Crippen LogP) is 0.918. The molecule has 2 aliphatic rings. The van der Waals surface area contributed by atoms with Crippen LogP contribution in [0.5, 0.6) is 0 Å². The second-order valence-electron chi connectivity index (χ2n) is 6.53. The quantitative estimate of drug-likeness (QED) is 0.840. The van der Waals surface area contributed by atoms with Crippen molar-refractivity contribution < 1.29 is 9.59 Å². The highest BCUT2D eigenvalue weighted by molar-refractivity contribution is 6.02. The smallest absolute Gasteiger partial charge is 0.238 e. The molecule has 2 amide bonds. The van der Waals surface area contributed by atoms with Crippen LogP contribution in [-0.4, -0.2) is 54.4 Å². The number of nitrogens with one attached hydrogen (secondary N) is 1. The zero-order valence-electron chi connectivity index (χ0n) is 13.8. The van der Waals surface area contributed by atoms with Crippen LogP contribution in [-0.2, 0) is 15.0 Å². The van der Waals surface area contributed by atoms with Crippen molar-refractivity contribution in [1.29, 1.82) is 0 Å². The highest BCUT2D eigenvalue weighted by atomic mass is 16.2. The van der Waals surface area contributed by atoms with Crippen LogP contribution in [0.25, 0.3) is 0 Å². The largest absolute Gasteiger partial charge is 0.368 e. The molecule has 3 rings (SSSR count). The molecule has 0 bridgehead atoms. The van der Waals surface area contributed by atoms with Gasteiger partial charge in [-0.2, -0.15) is 0 Å². The summed E-state index contributed by atoms with van der Waals surface area (Å²) < 4.78 is 0. The van der Waals surface area contributed by atoms with Crippen molar-refractivity contribution in [2.24, 2.45) is 0 Å². The lowest BCUT2D eigenvalue weighted by molar-refractivity contribution is -0.137. The van der Waals surface area contributed by atoms with Crippen LogP contribution in [0.4, 0.5) is 5.69 Å². The first-order valence-electron chi connectivity index (χ1n) is 8.31. The van der Waals surface area contributed by atoms with Crippen molar-refractivity contribution in [3.63, 3.8) is 0 Å². The number of carbonyl (C=O) groups is 2. The Balaban J connectivity index is 1.72. The molecule has 0 spiro atoms. The number of hydrogen-bond donors (Lipinski definition) is 1. The first kappa shape index (κ1) is 15.9. The Morgan fingerprint density at radius 1 is 1.22 bits per heavy atom. The van der Waals surface area contributed by atoms with Gasteiger partial charge < -0.3 is 9.80 Å². The van der Waals surface area contributed by atoms with E-state index >= 15 is 0 Å². The molecule has 1 aromatic rings. The Morgan fingerprint density at radius 3 is 2.52 bits per heavy atom. The minimum atomic E-state index is -0.715. The number of pyridine rings is 1. The van der Waals surface area contributed by atoms with Crippen molar-refractivity contribution in [2.45, 2.75) is 32.1 Å². The Hall–Kier alpha value is -1.95. The van der Waals surface area contributed by atoms with E-state index in [1.165, 1.54) is 0 Å². The standard InChI is InChI=1S/C17H24N4O2/c1-3-20-8-10-21(11-9-20)13-4-5-14(18-12-13)17(2)7-6-15(22)19-16(17)23/h4-5,12H,3,6-11H2,1-2H3,(H,19,22,23)/t17-/m1/s1. The fourth-order valence-electron chi connectivity index (χ4n) is 3.27. The Bertz CT molecular complexity index is 593. The summed E-state index contributed by atoms with van der Waals surface area (Å²) in [5, 5.41) is 2.42. The normalized spacial score (nSPS) is 26.3. The van der Waals surface area contributed by atoms with E-state index in [0.717, 1.165) is 44.1 Å². The number of rotatable bonds is 3. The number of piperidine rings is 1. The zero-order chi connectivity index (χ0) is 16.4. The first-order valence-corrected chi connectivity index (χ1v) is 8.31. The van der Waals surface area contributed by atoms with E-state index in [2.05, 4.69) is 27.0 Å². The van der Waals surface area contributed by atoms with Crippen LogP contribution in [0.1, 0.15) is 32.4 Å². The minimum Gasteiger partial charge on any atom is -0.368 e. The summed E-state index contributed by atoms with van der Waals surface area (Å²) in [4.78, 5) is 32.8. The van der Waals surface area contributed by atoms with Crippen LogP contribution < -0.4 is 10.2 Å². The number of likely N-dealkylation sites (N-methyl/N-ethyl adjacent to an activating group) is 1. The molecular weight excluding hydrogens is 292 g/mol. The molecule has 6 heteroatoms. The second-order valence-corrected chi connectivity index (χ2v) is 6.53. The van der Waals surface area contributed by atoms with Gasteiger partial charge in [0.1, 0.15) is 0 Å². The maximum atomic E-state index is 12.2. The third kappa shape index (κ3) is 3.08. The molecule has 0 aliphatic carbocycles. The van der Waals surface area contributed by atoms with Gasteiger partial charge in [0.2, 0.25) is 11.8 Å². The van der Waals surface area contributed by atoms with E-state index in [-0.39, 0.29) is 11.8 Å². The summed E-state index contributed by atoms with van der Waals surface area (Å²) >= 11 is 0. The second kappa shape index (κ2) is 6.28. The first-order chi connectivity index (χ1) is 11.0. The predicted molar refractivity (Wildman–Crippen MR) is 88.3 cm³/mol. The summed E-state index contributed by atoms with van der Waals surface area (Å²) in [6.07, 6.45) is 2.73. The average molecular weight is 316 g/mol. The maximum Gasteiger partial charge on any atom is 0.238 e. The molecule has 3 heterocycles. The third-order valence-corrected chi connectivity index (χ3v) is 5.10. The minimum absolute atomic E-state index is 0.196. The summed E-state index contributed by atoms with van der Waals surface area (Å²) in [5.74, 6) is -0.441. The Labute approximate surface area is 136 Å². The molecule has 2 saturated heterocycles. The number of carbonyl (C=O) groups excluding carboxylic acids is 2. The molecule has 1 atom stereocenters. The monoisotopic (exact) mass is 316 g/mol. The molecule has 0 unspecified atom stereocenters. The molecule has 0 saturated carbocycles. The van der Waals surface area contributed by atoms with Crippen molar-refractivity contribution in [2.75, 3.05) is 37.6 Å². The van der Waals surface area contributed by atoms with Crippen LogP contribution in [0.15, 0.2) is 18.3 Å². The number of hydrogen-bond acceptors (Lipinski definition) is 5. The number of amides is 2. The van der Waals surface area contributed by atoms with Crippen LogP contribution in [0.2, 0.25) is 0 Å². The van der Waals surface area contributed by atoms with E-state index in [0.29, 0.717) is 12.8 Å². The summed E-state index contributed by atoms with van der Waals surface area (Å²) in [5.41, 5.74) is 1.12. The van der Waals surface area contributed by atoms with Crippen molar-refractivity contribution >= 4 is 17.5 Å². The van der Waals surface area contributed by atoms with E-state index in [1.807, 2.05) is 25.3 Å². The van der Waals surface area contributed by atoms with Gasteiger partial charge in [-0.1, -0.05) is 6.92 Å². The van der Waals surface area contributed by atoms with Crippen LogP contribution >= 0.6 is 0 Å². The highest BCUT2D eigenvalue weighted by Gasteiger charge is 2.41. The lowest BCUT2D eigenvalue weighted by atomic mass is 9.78. The third-order valence-electron chi connectivity index (χ3n) is 5.10. The van der Waals surface area contributed by atoms with Crippen LogP contribution in [0, 0.1) is 0 Å². The van der Waals surface area contributed by atoms with Gasteiger partial charge in [-0.25, -0.2) is 0 Å². The van der Waals surface area contributed by atoms with Gasteiger partial charge in [0.25, 0.3) is 0 Å². The van der Waals surface area contributed by atoms with Gasteiger partial charge in [-0.05, 0) is 32.0 Å². The molecule has 2 aliphatic heterocycles. The lowest BCUT2D eigenvalue weighted by Crippen LogP contribution is -2.50. The van der Waals surface area contributed by atoms with E-state index in [4.69, 9.17) is 0 Å². The number of nitrogens with zero attached hydrogens (tertiary/aromatic N) is 3. The molecular formula is C17H24N4O2. The van der Waals surface area contributed by atoms with Crippen molar-refractivity contribution in [3.8, 4) is 0 Å². The molecule has 0 aromatic carbocycles. The molecule has 0 radical (unpaired) electrons.